The second-order valence-corrected chi connectivity index (χ2v) is 11.7. The first-order valence-corrected chi connectivity index (χ1v) is 12.8. The number of thiophene rings is 1. The highest BCUT2D eigenvalue weighted by Crippen LogP contribution is 2.39. The lowest BCUT2D eigenvalue weighted by atomic mass is 9.91. The van der Waals surface area contributed by atoms with E-state index in [1.165, 1.54) is 15.4 Å². The Balaban J connectivity index is 1.61. The smallest absolute Gasteiger partial charge is 0.306 e. The minimum absolute atomic E-state index is 0.438. The summed E-state index contributed by atoms with van der Waals surface area (Å²) in [6.45, 7) is 5.34. The first-order valence-electron chi connectivity index (χ1n) is 10.5. The molecule has 1 fully saturated rings. The fourth-order valence-corrected chi connectivity index (χ4v) is 7.59. The molecule has 2 aromatic heterocycles. The van der Waals surface area contributed by atoms with E-state index in [-0.39, 0.29) is 0 Å². The molecule has 170 valence electrons. The highest BCUT2D eigenvalue weighted by molar-refractivity contribution is 7.91. The van der Waals surface area contributed by atoms with Gasteiger partial charge in [-0.2, -0.15) is 13.5 Å². The van der Waals surface area contributed by atoms with E-state index in [2.05, 4.69) is 20.0 Å². The zero-order chi connectivity index (χ0) is 22.4. The SMILES string of the molecule is Cc1sc2c(c1NC(=O)NS(=O)(=O)N(c1cnn(C)c1)[C@@]1(C)CCCN(C)C1)CCC2. The van der Waals surface area contributed by atoms with Crippen molar-refractivity contribution in [1.82, 2.24) is 19.4 Å². The van der Waals surface area contributed by atoms with E-state index in [1.807, 2.05) is 20.9 Å². The number of hydrogen-bond donors (Lipinski definition) is 2. The molecular formula is C20H30N6O3S2. The number of piperidine rings is 1. The summed E-state index contributed by atoms with van der Waals surface area (Å²) >= 11 is 1.67. The van der Waals surface area contributed by atoms with Crippen LogP contribution in [0.2, 0.25) is 0 Å². The number of anilines is 2. The van der Waals surface area contributed by atoms with Crippen molar-refractivity contribution in [3.8, 4) is 0 Å². The summed E-state index contributed by atoms with van der Waals surface area (Å²) in [4.78, 5) is 17.2. The molecule has 3 heterocycles. The number of hydrogen-bond acceptors (Lipinski definition) is 6. The van der Waals surface area contributed by atoms with Crippen molar-refractivity contribution >= 4 is 39.0 Å². The van der Waals surface area contributed by atoms with Crippen LogP contribution in [0.1, 0.15) is 41.5 Å². The van der Waals surface area contributed by atoms with Gasteiger partial charge in [0.1, 0.15) is 0 Å². The number of carbonyl (C=O) groups is 1. The fourth-order valence-electron chi connectivity index (χ4n) is 4.90. The Bertz CT molecular complexity index is 1090. The van der Waals surface area contributed by atoms with Gasteiger partial charge in [0.2, 0.25) is 0 Å². The van der Waals surface area contributed by atoms with Crippen molar-refractivity contribution in [3.63, 3.8) is 0 Å². The monoisotopic (exact) mass is 466 g/mol. The van der Waals surface area contributed by atoms with Crippen molar-refractivity contribution in [1.29, 1.82) is 0 Å². The van der Waals surface area contributed by atoms with Gasteiger partial charge in [-0.25, -0.2) is 13.8 Å². The van der Waals surface area contributed by atoms with E-state index in [4.69, 9.17) is 0 Å². The van der Waals surface area contributed by atoms with Gasteiger partial charge in [-0.1, -0.05) is 0 Å². The molecule has 31 heavy (non-hydrogen) atoms. The molecule has 4 rings (SSSR count). The third-order valence-electron chi connectivity index (χ3n) is 6.08. The molecule has 9 nitrogen and oxygen atoms in total. The Hall–Kier alpha value is -2.11. The van der Waals surface area contributed by atoms with Crippen LogP contribution in [0.15, 0.2) is 12.4 Å². The number of fused-ring (bicyclic) bond motifs is 1. The lowest BCUT2D eigenvalue weighted by molar-refractivity contribution is 0.194. The molecule has 1 aliphatic heterocycles. The van der Waals surface area contributed by atoms with E-state index in [9.17, 15) is 13.2 Å². The first kappa shape index (κ1) is 22.1. The van der Waals surface area contributed by atoms with Gasteiger partial charge in [0, 0.05) is 29.5 Å². The van der Waals surface area contributed by atoms with Crippen LogP contribution in [0.25, 0.3) is 0 Å². The maximum Gasteiger partial charge on any atom is 0.334 e. The van der Waals surface area contributed by atoms with Gasteiger partial charge in [-0.05, 0) is 65.1 Å². The van der Waals surface area contributed by atoms with E-state index < -0.39 is 21.8 Å². The number of aromatic nitrogens is 2. The molecule has 0 unspecified atom stereocenters. The molecule has 0 radical (unpaired) electrons. The second-order valence-electron chi connectivity index (χ2n) is 8.82. The summed E-state index contributed by atoms with van der Waals surface area (Å²) in [5.41, 5.74) is 1.62. The van der Waals surface area contributed by atoms with Crippen molar-refractivity contribution in [2.24, 2.45) is 7.05 Å². The highest BCUT2D eigenvalue weighted by Gasteiger charge is 2.43. The van der Waals surface area contributed by atoms with Crippen LogP contribution < -0.4 is 14.3 Å². The van der Waals surface area contributed by atoms with Crippen LogP contribution >= 0.6 is 11.3 Å². The molecule has 2 aromatic rings. The van der Waals surface area contributed by atoms with Gasteiger partial charge in [-0.3, -0.25) is 4.68 Å². The standard InChI is InChI=1S/C20H30N6O3S2/c1-14-18(16-7-5-8-17(16)30-14)22-19(27)23-31(28,29)26(15-11-21-25(4)12-15)20(2)9-6-10-24(3)13-20/h11-12H,5-10,13H2,1-4H3,(H2,22,23,27)/t20-/m0/s1. The Labute approximate surface area is 187 Å². The van der Waals surface area contributed by atoms with Crippen LogP contribution in [0.5, 0.6) is 0 Å². The van der Waals surface area contributed by atoms with Crippen molar-refractivity contribution < 1.29 is 13.2 Å². The second kappa shape index (κ2) is 8.10. The van der Waals surface area contributed by atoms with Gasteiger partial charge in [0.15, 0.2) is 0 Å². The van der Waals surface area contributed by atoms with Crippen LogP contribution in [0.4, 0.5) is 16.2 Å². The van der Waals surface area contributed by atoms with E-state index in [0.717, 1.165) is 48.4 Å². The normalized spacial score (nSPS) is 21.7. The maximum absolute atomic E-state index is 13.5. The summed E-state index contributed by atoms with van der Waals surface area (Å²) in [6, 6.07) is -0.739. The molecule has 0 aromatic carbocycles. The largest absolute Gasteiger partial charge is 0.334 e. The molecule has 0 spiro atoms. The Morgan fingerprint density at radius 2 is 2.06 bits per heavy atom. The van der Waals surface area contributed by atoms with Crippen LogP contribution in [-0.4, -0.2) is 54.8 Å². The van der Waals surface area contributed by atoms with E-state index in [1.54, 1.807) is 29.3 Å². The third-order valence-corrected chi connectivity index (χ3v) is 8.86. The molecule has 2 aliphatic rings. The summed E-state index contributed by atoms with van der Waals surface area (Å²) in [6.07, 6.45) is 7.73. The van der Waals surface area contributed by atoms with Gasteiger partial charge in [0.25, 0.3) is 0 Å². The number of carbonyl (C=O) groups excluding carboxylic acids is 1. The predicted octanol–water partition coefficient (Wildman–Crippen LogP) is 2.64. The lowest BCUT2D eigenvalue weighted by Gasteiger charge is -2.46. The van der Waals surface area contributed by atoms with E-state index in [0.29, 0.717) is 18.7 Å². The van der Waals surface area contributed by atoms with Crippen molar-refractivity contribution in [2.45, 2.75) is 51.5 Å². The number of amides is 2. The summed E-state index contributed by atoms with van der Waals surface area (Å²) in [7, 11) is -0.461. The summed E-state index contributed by atoms with van der Waals surface area (Å²) < 4.78 is 32.2. The molecule has 1 atom stereocenters. The zero-order valence-electron chi connectivity index (χ0n) is 18.4. The summed E-state index contributed by atoms with van der Waals surface area (Å²) in [5.74, 6) is 0. The van der Waals surface area contributed by atoms with Gasteiger partial charge in [0.05, 0.1) is 23.1 Å². The Kier molecular flexibility index (Phi) is 5.78. The topological polar surface area (TPSA) is 99.6 Å². The van der Waals surface area contributed by atoms with Crippen LogP contribution in [0, 0.1) is 6.92 Å². The third kappa shape index (κ3) is 4.31. The number of nitrogens with zero attached hydrogens (tertiary/aromatic N) is 4. The first-order chi connectivity index (χ1) is 14.6. The van der Waals surface area contributed by atoms with E-state index >= 15 is 0 Å². The minimum atomic E-state index is -4.18. The highest BCUT2D eigenvalue weighted by atomic mass is 32.2. The maximum atomic E-state index is 13.5. The van der Waals surface area contributed by atoms with Crippen LogP contribution in [0.3, 0.4) is 0 Å². The molecule has 1 saturated heterocycles. The van der Waals surface area contributed by atoms with Crippen molar-refractivity contribution in [2.75, 3.05) is 29.8 Å². The molecule has 2 amide bonds. The summed E-state index contributed by atoms with van der Waals surface area (Å²) in [5, 5.41) is 6.96. The molecule has 0 bridgehead atoms. The Morgan fingerprint density at radius 1 is 1.29 bits per heavy atom. The van der Waals surface area contributed by atoms with Crippen LogP contribution in [-0.2, 0) is 30.1 Å². The molecule has 1 aliphatic carbocycles. The fraction of sp³-hybridized carbons (Fsp3) is 0.600. The number of rotatable bonds is 5. The number of aryl methyl sites for hydroxylation is 3. The molecule has 0 saturated carbocycles. The molecule has 11 heteroatoms. The predicted molar refractivity (Wildman–Crippen MR) is 123 cm³/mol. The number of likely N-dealkylation sites (N-methyl/N-ethyl adjacent to an activating group) is 1. The number of likely N-dealkylation sites (tertiary alicyclic amines) is 1. The number of nitrogens with one attached hydrogen (secondary N) is 2. The lowest BCUT2D eigenvalue weighted by Crippen LogP contribution is -2.61. The number of urea groups is 1. The average Bonchev–Trinajstić information content (AvgIpc) is 3.33. The molecular weight excluding hydrogens is 436 g/mol. The van der Waals surface area contributed by atoms with Crippen molar-refractivity contribution in [3.05, 3.63) is 27.7 Å². The van der Waals surface area contributed by atoms with Gasteiger partial charge >= 0.3 is 16.2 Å². The van der Waals surface area contributed by atoms with Gasteiger partial charge < -0.3 is 10.2 Å². The zero-order valence-corrected chi connectivity index (χ0v) is 20.1. The van der Waals surface area contributed by atoms with Gasteiger partial charge in [-0.15, -0.1) is 11.3 Å². The molecule has 2 N–H and O–H groups in total. The average molecular weight is 467 g/mol. The Morgan fingerprint density at radius 3 is 2.74 bits per heavy atom. The minimum Gasteiger partial charge on any atom is -0.306 e. The quantitative estimate of drug-likeness (QED) is 0.706.